The van der Waals surface area contributed by atoms with Crippen molar-refractivity contribution in [1.29, 1.82) is 0 Å². The van der Waals surface area contributed by atoms with Gasteiger partial charge in [-0.3, -0.25) is 4.57 Å². The molecule has 0 aliphatic heterocycles. The molecule has 0 atom stereocenters. The molecular formula is C49H32N2. The molecule has 51 heavy (non-hydrogen) atoms. The van der Waals surface area contributed by atoms with Crippen molar-refractivity contribution in [2.45, 2.75) is 0 Å². The Labute approximate surface area is 296 Å². The molecule has 0 aliphatic carbocycles. The monoisotopic (exact) mass is 648 g/mol. The van der Waals surface area contributed by atoms with Gasteiger partial charge in [-0.2, -0.15) is 0 Å². The Balaban J connectivity index is 1.11. The smallest absolute Gasteiger partial charge is 0.145 e. The minimum absolute atomic E-state index is 0.936. The van der Waals surface area contributed by atoms with E-state index in [1.54, 1.807) is 0 Å². The van der Waals surface area contributed by atoms with Crippen LogP contribution >= 0.6 is 0 Å². The molecule has 2 nitrogen and oxygen atoms in total. The first-order valence-electron chi connectivity index (χ1n) is 17.5. The Morgan fingerprint density at radius 2 is 0.804 bits per heavy atom. The molecule has 0 radical (unpaired) electrons. The lowest BCUT2D eigenvalue weighted by Gasteiger charge is -2.18. The lowest BCUT2D eigenvalue weighted by Crippen LogP contribution is -1.97. The fraction of sp³-hybridized carbons (Fsp3) is 0. The predicted octanol–water partition coefficient (Wildman–Crippen LogP) is 13.2. The number of aromatic nitrogens is 2. The average Bonchev–Trinajstić information content (AvgIpc) is 3.60. The molecule has 10 aromatic rings. The summed E-state index contributed by atoms with van der Waals surface area (Å²) in [6.45, 7) is 0. The van der Waals surface area contributed by atoms with Crippen molar-refractivity contribution in [3.63, 3.8) is 0 Å². The number of hydrogen-bond acceptors (Lipinski definition) is 1. The zero-order chi connectivity index (χ0) is 33.7. The van der Waals surface area contributed by atoms with Crippen LogP contribution in [0.4, 0.5) is 0 Å². The molecule has 0 N–H and O–H groups in total. The van der Waals surface area contributed by atoms with E-state index in [2.05, 4.69) is 199 Å². The molecule has 0 amide bonds. The van der Waals surface area contributed by atoms with Crippen LogP contribution in [0.25, 0.3) is 93.8 Å². The van der Waals surface area contributed by atoms with E-state index in [0.29, 0.717) is 0 Å². The van der Waals surface area contributed by atoms with Crippen LogP contribution < -0.4 is 0 Å². The van der Waals surface area contributed by atoms with Gasteiger partial charge in [0.1, 0.15) is 5.82 Å². The number of para-hydroxylation sites is 3. The molecule has 9 aromatic carbocycles. The highest BCUT2D eigenvalue weighted by Gasteiger charge is 2.18. The fourth-order valence-electron chi connectivity index (χ4n) is 7.89. The van der Waals surface area contributed by atoms with Gasteiger partial charge in [0, 0.05) is 11.3 Å². The van der Waals surface area contributed by atoms with Crippen molar-refractivity contribution < 1.29 is 0 Å². The molecule has 0 saturated heterocycles. The number of rotatable bonds is 5. The molecule has 0 unspecified atom stereocenters. The molecule has 0 aliphatic rings. The quantitative estimate of drug-likeness (QED) is 0.170. The largest absolute Gasteiger partial charge is 0.292 e. The summed E-state index contributed by atoms with van der Waals surface area (Å²) in [7, 11) is 0. The summed E-state index contributed by atoms with van der Waals surface area (Å²) in [5, 5.41) is 7.52. The minimum Gasteiger partial charge on any atom is -0.292 e. The predicted molar refractivity (Wildman–Crippen MR) is 215 cm³/mol. The second-order valence-electron chi connectivity index (χ2n) is 13.1. The first-order valence-corrected chi connectivity index (χ1v) is 17.5. The van der Waals surface area contributed by atoms with Crippen molar-refractivity contribution in [3.05, 3.63) is 194 Å². The Bertz CT molecular complexity index is 2820. The van der Waals surface area contributed by atoms with Crippen LogP contribution in [0.15, 0.2) is 194 Å². The Morgan fingerprint density at radius 3 is 1.43 bits per heavy atom. The number of benzene rings is 9. The highest BCUT2D eigenvalue weighted by molar-refractivity contribution is 6.21. The first-order chi connectivity index (χ1) is 25.3. The Kier molecular flexibility index (Phi) is 6.85. The van der Waals surface area contributed by atoms with Crippen LogP contribution in [0.5, 0.6) is 0 Å². The summed E-state index contributed by atoms with van der Waals surface area (Å²) in [5.74, 6) is 0.936. The lowest BCUT2D eigenvalue weighted by atomic mass is 9.85. The summed E-state index contributed by atoms with van der Waals surface area (Å²) in [6.07, 6.45) is 0. The van der Waals surface area contributed by atoms with Crippen LogP contribution in [0.2, 0.25) is 0 Å². The summed E-state index contributed by atoms with van der Waals surface area (Å²) in [4.78, 5) is 5.11. The normalized spacial score (nSPS) is 11.5. The number of nitrogens with zero attached hydrogens (tertiary/aromatic N) is 2. The summed E-state index contributed by atoms with van der Waals surface area (Å²) in [6, 6.07) is 69.8. The van der Waals surface area contributed by atoms with E-state index >= 15 is 0 Å². The summed E-state index contributed by atoms with van der Waals surface area (Å²) < 4.78 is 2.26. The first kappa shape index (κ1) is 29.2. The molecule has 238 valence electrons. The van der Waals surface area contributed by atoms with Gasteiger partial charge < -0.3 is 0 Å². The number of fused-ring (bicyclic) bond motifs is 4. The van der Waals surface area contributed by atoms with Gasteiger partial charge >= 0.3 is 0 Å². The summed E-state index contributed by atoms with van der Waals surface area (Å²) in [5.41, 5.74) is 11.7. The Hall–Kier alpha value is -6.77. The van der Waals surface area contributed by atoms with Gasteiger partial charge in [0.05, 0.1) is 11.0 Å². The van der Waals surface area contributed by atoms with Crippen LogP contribution in [0.1, 0.15) is 0 Å². The maximum Gasteiger partial charge on any atom is 0.145 e. The van der Waals surface area contributed by atoms with Gasteiger partial charge in [-0.05, 0) is 90.0 Å². The zero-order valence-electron chi connectivity index (χ0n) is 27.9. The molecule has 1 aromatic heterocycles. The topological polar surface area (TPSA) is 17.8 Å². The average molecular weight is 649 g/mol. The minimum atomic E-state index is 0.936. The van der Waals surface area contributed by atoms with Crippen LogP contribution in [0, 0.1) is 0 Å². The van der Waals surface area contributed by atoms with Gasteiger partial charge in [-0.15, -0.1) is 0 Å². The molecule has 1 heterocycles. The molecule has 0 bridgehead atoms. The van der Waals surface area contributed by atoms with Gasteiger partial charge in [-0.1, -0.05) is 170 Å². The zero-order valence-corrected chi connectivity index (χ0v) is 27.9. The maximum absolute atomic E-state index is 5.11. The van der Waals surface area contributed by atoms with E-state index in [1.165, 1.54) is 65.7 Å². The van der Waals surface area contributed by atoms with E-state index in [4.69, 9.17) is 4.98 Å². The fourth-order valence-corrected chi connectivity index (χ4v) is 7.89. The van der Waals surface area contributed by atoms with Gasteiger partial charge in [0.2, 0.25) is 0 Å². The lowest BCUT2D eigenvalue weighted by molar-refractivity contribution is 1.10. The van der Waals surface area contributed by atoms with Gasteiger partial charge in [0.25, 0.3) is 0 Å². The molecule has 2 heteroatoms. The molecule has 10 rings (SSSR count). The number of hydrogen-bond donors (Lipinski definition) is 0. The van der Waals surface area contributed by atoms with Crippen molar-refractivity contribution in [2.75, 3.05) is 0 Å². The Morgan fingerprint density at radius 1 is 0.333 bits per heavy atom. The van der Waals surface area contributed by atoms with Gasteiger partial charge in [-0.25, -0.2) is 4.98 Å². The second kappa shape index (κ2) is 12.0. The molecule has 0 saturated carbocycles. The molecule has 0 spiro atoms. The third-order valence-corrected chi connectivity index (χ3v) is 10.2. The molecule has 0 fully saturated rings. The van der Waals surface area contributed by atoms with Crippen molar-refractivity contribution in [1.82, 2.24) is 9.55 Å². The standard InChI is InChI=1S/C49H32N2/c1-2-15-38(16-3-1)51-46-24-11-10-23-45(46)50-49(51)37-31-29-36(30-32-37)48-43-20-8-6-18-41(43)47(42-19-7-9-21-44(42)48)35-27-25-34(26-28-35)40-22-12-14-33-13-4-5-17-39(33)40/h1-32H. The van der Waals surface area contributed by atoms with Crippen LogP contribution in [0.3, 0.4) is 0 Å². The number of imidazole rings is 1. The maximum atomic E-state index is 5.11. The van der Waals surface area contributed by atoms with Gasteiger partial charge in [0.15, 0.2) is 0 Å². The van der Waals surface area contributed by atoms with Crippen LogP contribution in [-0.2, 0) is 0 Å². The third-order valence-electron chi connectivity index (χ3n) is 10.2. The van der Waals surface area contributed by atoms with Crippen molar-refractivity contribution >= 4 is 43.4 Å². The van der Waals surface area contributed by atoms with E-state index in [-0.39, 0.29) is 0 Å². The molecular weight excluding hydrogens is 617 g/mol. The SMILES string of the molecule is c1ccc(-n2c(-c3ccc(-c4c5ccccc5c(-c5ccc(-c6cccc7ccccc67)cc5)c5ccccc45)cc3)nc3ccccc32)cc1. The van der Waals surface area contributed by atoms with Crippen molar-refractivity contribution in [3.8, 4) is 50.5 Å². The second-order valence-corrected chi connectivity index (χ2v) is 13.1. The third kappa shape index (κ3) is 4.84. The highest BCUT2D eigenvalue weighted by Crippen LogP contribution is 2.44. The van der Waals surface area contributed by atoms with E-state index in [1.807, 2.05) is 0 Å². The van der Waals surface area contributed by atoms with E-state index < -0.39 is 0 Å². The van der Waals surface area contributed by atoms with E-state index in [0.717, 1.165) is 28.1 Å². The van der Waals surface area contributed by atoms with E-state index in [9.17, 15) is 0 Å². The van der Waals surface area contributed by atoms with Crippen molar-refractivity contribution in [2.24, 2.45) is 0 Å². The summed E-state index contributed by atoms with van der Waals surface area (Å²) >= 11 is 0. The van der Waals surface area contributed by atoms with Crippen LogP contribution in [-0.4, -0.2) is 9.55 Å². The highest BCUT2D eigenvalue weighted by atomic mass is 15.1.